The maximum atomic E-state index is 12.7. The highest BCUT2D eigenvalue weighted by molar-refractivity contribution is 8.03. The molecule has 2 N–H and O–H groups in total. The van der Waals surface area contributed by atoms with Gasteiger partial charge >= 0.3 is 11.9 Å². The molecule has 2 rings (SSSR count). The van der Waals surface area contributed by atoms with Crippen molar-refractivity contribution in [1.29, 1.82) is 0 Å². The molecule has 29 heavy (non-hydrogen) atoms. The Bertz CT molecular complexity index is 557. The number of carbonyl (C=O) groups is 3. The van der Waals surface area contributed by atoms with Crippen LogP contribution in [0.5, 0.6) is 0 Å². The summed E-state index contributed by atoms with van der Waals surface area (Å²) in [5.41, 5.74) is 0. The van der Waals surface area contributed by atoms with Gasteiger partial charge in [0.15, 0.2) is 0 Å². The monoisotopic (exact) mass is 446 g/mol. The van der Waals surface area contributed by atoms with Crippen LogP contribution in [0.1, 0.15) is 52.4 Å². The van der Waals surface area contributed by atoms with Gasteiger partial charge in [-0.25, -0.2) is 4.79 Å². The minimum absolute atomic E-state index is 0.272. The minimum atomic E-state index is -0.972. The van der Waals surface area contributed by atoms with E-state index in [4.69, 9.17) is 4.74 Å². The van der Waals surface area contributed by atoms with Crippen molar-refractivity contribution >= 4 is 41.4 Å². The van der Waals surface area contributed by atoms with E-state index in [1.807, 2.05) is 11.8 Å². The number of nitrogens with zero attached hydrogens (tertiary/aromatic N) is 1. The molecule has 1 amide bonds. The Hall–Kier alpha value is -0.930. The van der Waals surface area contributed by atoms with Crippen molar-refractivity contribution in [3.05, 3.63) is 0 Å². The van der Waals surface area contributed by atoms with E-state index in [1.165, 1.54) is 30.6 Å². The van der Waals surface area contributed by atoms with E-state index in [9.17, 15) is 19.5 Å². The molecule has 1 unspecified atom stereocenters. The Kier molecular flexibility index (Phi) is 10.7. The Morgan fingerprint density at radius 2 is 1.90 bits per heavy atom. The van der Waals surface area contributed by atoms with Gasteiger partial charge in [0.2, 0.25) is 5.91 Å². The highest BCUT2D eigenvalue weighted by Crippen LogP contribution is 2.29. The van der Waals surface area contributed by atoms with E-state index in [-0.39, 0.29) is 18.5 Å². The fraction of sp³-hybridized carbons (Fsp3) is 0.850. The number of carboxylic acid groups (broad SMARTS) is 1. The van der Waals surface area contributed by atoms with Crippen LogP contribution in [-0.4, -0.2) is 81.6 Å². The lowest BCUT2D eigenvalue weighted by Gasteiger charge is -2.27. The van der Waals surface area contributed by atoms with Gasteiger partial charge in [0.05, 0.1) is 12.6 Å². The van der Waals surface area contributed by atoms with Crippen LogP contribution in [0.3, 0.4) is 0 Å². The predicted molar refractivity (Wildman–Crippen MR) is 117 cm³/mol. The van der Waals surface area contributed by atoms with Gasteiger partial charge in [-0.3, -0.25) is 14.9 Å². The summed E-state index contributed by atoms with van der Waals surface area (Å²) in [6.07, 6.45) is 6.47. The molecular formula is C20H34N2O5S2. The first-order chi connectivity index (χ1) is 13.9. The van der Waals surface area contributed by atoms with Gasteiger partial charge in [0.25, 0.3) is 0 Å². The number of hydrogen-bond acceptors (Lipinski definition) is 7. The number of hydrogen-bond donors (Lipinski definition) is 2. The van der Waals surface area contributed by atoms with Crippen molar-refractivity contribution in [1.82, 2.24) is 10.2 Å². The zero-order valence-electron chi connectivity index (χ0n) is 17.4. The lowest BCUT2D eigenvalue weighted by Crippen LogP contribution is -2.54. The van der Waals surface area contributed by atoms with Crippen LogP contribution < -0.4 is 5.32 Å². The van der Waals surface area contributed by atoms with Crippen molar-refractivity contribution in [2.75, 3.05) is 30.4 Å². The second-order valence-corrected chi connectivity index (χ2v) is 10.1. The average molecular weight is 447 g/mol. The van der Waals surface area contributed by atoms with Crippen LogP contribution in [0.15, 0.2) is 0 Å². The molecule has 0 aromatic carbocycles. The fourth-order valence-electron chi connectivity index (χ4n) is 3.87. The average Bonchev–Trinajstić information content (AvgIpc) is 3.38. The molecule has 1 saturated carbocycles. The van der Waals surface area contributed by atoms with E-state index in [1.54, 1.807) is 25.6 Å². The van der Waals surface area contributed by atoms with Gasteiger partial charge in [-0.15, -0.1) is 0 Å². The first-order valence-corrected chi connectivity index (χ1v) is 12.8. The first-order valence-electron chi connectivity index (χ1n) is 10.6. The van der Waals surface area contributed by atoms with Gasteiger partial charge in [-0.05, 0) is 39.5 Å². The van der Waals surface area contributed by atoms with Crippen LogP contribution in [0, 0.1) is 0 Å². The van der Waals surface area contributed by atoms with Gasteiger partial charge in [0.1, 0.15) is 12.1 Å². The van der Waals surface area contributed by atoms with Crippen molar-refractivity contribution < 1.29 is 24.2 Å². The molecule has 1 aliphatic carbocycles. The van der Waals surface area contributed by atoms with Crippen molar-refractivity contribution in [3.63, 3.8) is 0 Å². The third-order valence-corrected chi connectivity index (χ3v) is 8.08. The summed E-state index contributed by atoms with van der Waals surface area (Å²) in [6.45, 7) is 4.18. The zero-order valence-corrected chi connectivity index (χ0v) is 19.1. The molecule has 0 spiro atoms. The molecule has 9 heteroatoms. The summed E-state index contributed by atoms with van der Waals surface area (Å²) >= 11 is 3.71. The number of amides is 1. The van der Waals surface area contributed by atoms with E-state index in [0.29, 0.717) is 25.1 Å². The van der Waals surface area contributed by atoms with Crippen LogP contribution in [0.4, 0.5) is 0 Å². The van der Waals surface area contributed by atoms with Crippen LogP contribution in [0.2, 0.25) is 0 Å². The SMILES string of the molecule is CCOC(=O)[C@H](CSCCSC1CCCC1)NC(C)C(=O)N1CCC[C@H]1C(=O)O. The molecule has 1 aliphatic heterocycles. The molecular weight excluding hydrogens is 412 g/mol. The normalized spacial score (nSPS) is 21.9. The number of carboxylic acids is 1. The Morgan fingerprint density at radius 1 is 1.17 bits per heavy atom. The fourth-order valence-corrected chi connectivity index (χ4v) is 6.36. The number of rotatable bonds is 12. The van der Waals surface area contributed by atoms with Gasteiger partial charge in [0, 0.05) is 29.1 Å². The summed E-state index contributed by atoms with van der Waals surface area (Å²) in [5.74, 6) is 0.941. The molecule has 0 aromatic heterocycles. The number of ether oxygens (including phenoxy) is 1. The molecule has 0 radical (unpaired) electrons. The molecule has 0 aromatic rings. The summed E-state index contributed by atoms with van der Waals surface area (Å²) in [4.78, 5) is 37.9. The Balaban J connectivity index is 1.81. The number of aliphatic carboxylic acids is 1. The van der Waals surface area contributed by atoms with Gasteiger partial charge in [-0.2, -0.15) is 23.5 Å². The maximum absolute atomic E-state index is 12.7. The standard InChI is InChI=1S/C20H34N2O5S2/c1-3-27-20(26)16(13-28-11-12-29-15-7-4-5-8-15)21-14(2)18(23)22-10-6-9-17(22)19(24)25/h14-17,21H,3-13H2,1-2H3,(H,24,25)/t14?,16-,17-/m0/s1. The maximum Gasteiger partial charge on any atom is 0.326 e. The number of carbonyl (C=O) groups excluding carboxylic acids is 2. The highest BCUT2D eigenvalue weighted by atomic mass is 32.2. The highest BCUT2D eigenvalue weighted by Gasteiger charge is 2.37. The molecule has 3 atom stereocenters. The molecule has 2 fully saturated rings. The van der Waals surface area contributed by atoms with Crippen molar-refractivity contribution in [3.8, 4) is 0 Å². The second-order valence-electron chi connectivity index (χ2n) is 7.57. The molecule has 7 nitrogen and oxygen atoms in total. The lowest BCUT2D eigenvalue weighted by molar-refractivity contribution is -0.150. The summed E-state index contributed by atoms with van der Waals surface area (Å²) in [7, 11) is 0. The van der Waals surface area contributed by atoms with E-state index in [2.05, 4.69) is 5.32 Å². The molecule has 0 bridgehead atoms. The summed E-state index contributed by atoms with van der Waals surface area (Å²) in [6, 6.07) is -1.99. The van der Waals surface area contributed by atoms with Crippen LogP contribution in [0.25, 0.3) is 0 Å². The summed E-state index contributed by atoms with van der Waals surface area (Å²) in [5, 5.41) is 13.2. The van der Waals surface area contributed by atoms with Gasteiger partial charge in [-0.1, -0.05) is 12.8 Å². The summed E-state index contributed by atoms with van der Waals surface area (Å²) < 4.78 is 5.17. The van der Waals surface area contributed by atoms with Crippen LogP contribution in [-0.2, 0) is 19.1 Å². The molecule has 166 valence electrons. The largest absolute Gasteiger partial charge is 0.480 e. The van der Waals surface area contributed by atoms with E-state index < -0.39 is 24.1 Å². The third kappa shape index (κ3) is 7.68. The number of likely N-dealkylation sites (tertiary alicyclic amines) is 1. The van der Waals surface area contributed by atoms with E-state index >= 15 is 0 Å². The topological polar surface area (TPSA) is 95.9 Å². The first kappa shape index (κ1) is 24.3. The molecule has 2 aliphatic rings. The van der Waals surface area contributed by atoms with Gasteiger partial charge < -0.3 is 14.7 Å². The van der Waals surface area contributed by atoms with Crippen molar-refractivity contribution in [2.24, 2.45) is 0 Å². The number of esters is 1. The zero-order chi connectivity index (χ0) is 21.2. The second kappa shape index (κ2) is 12.7. The molecule has 1 heterocycles. The number of nitrogens with one attached hydrogen (secondary N) is 1. The smallest absolute Gasteiger partial charge is 0.326 e. The quantitative estimate of drug-likeness (QED) is 0.348. The molecule has 1 saturated heterocycles. The van der Waals surface area contributed by atoms with Crippen molar-refractivity contribution in [2.45, 2.75) is 75.7 Å². The lowest BCUT2D eigenvalue weighted by atomic mass is 10.2. The minimum Gasteiger partial charge on any atom is -0.480 e. The Morgan fingerprint density at radius 3 is 2.55 bits per heavy atom. The predicted octanol–water partition coefficient (Wildman–Crippen LogP) is 2.38. The number of thioether (sulfide) groups is 2. The Labute approximate surface area is 182 Å². The third-order valence-electron chi connectivity index (χ3n) is 5.38. The van der Waals surface area contributed by atoms with E-state index in [0.717, 1.165) is 16.8 Å². The van der Waals surface area contributed by atoms with Crippen LogP contribution >= 0.6 is 23.5 Å².